The molecule has 1 aliphatic carbocycles. The predicted octanol–water partition coefficient (Wildman–Crippen LogP) is 10.5. The first-order chi connectivity index (χ1) is 27.7. The van der Waals surface area contributed by atoms with Gasteiger partial charge in [-0.05, 0) is 148 Å². The van der Waals surface area contributed by atoms with Crippen molar-refractivity contribution in [2.75, 3.05) is 26.2 Å². The molecule has 1 N–H and O–H groups in total. The van der Waals surface area contributed by atoms with Crippen LogP contribution < -0.4 is 10.9 Å². The molecule has 12 heteroatoms. The van der Waals surface area contributed by atoms with E-state index < -0.39 is 11.7 Å². The molecule has 1 aliphatic heterocycles. The molecule has 4 atom stereocenters. The Hall–Kier alpha value is -4.10. The number of aryl methyl sites for hydroxylation is 1. The van der Waals surface area contributed by atoms with E-state index in [1.165, 1.54) is 5.56 Å². The largest absolute Gasteiger partial charge is 0.444 e. The number of aromatic nitrogens is 4. The lowest BCUT2D eigenvalue weighted by molar-refractivity contribution is 0.0136. The number of amides is 1. The standard InChI is InChI=1S/C46H55BrN6O4S/c1-27-21-35(22-28(27)2)52-40-23-34(15-16-38(40)53-39-10-8-9-36(47)41(39)43(54)50-44(52)53)31-17-19-51(20-18-31)24-29(3)56-25-37(49-45(55)57-46(5,6)7)32-11-13-33(14-12-32)42-30(4)48-26-58-42/h8-16,23,26-29,31,35,37H,17-22,24-25H2,1-7H3,(H,49,55)/t27-,28-,29+,37-/m0/s1. The molecule has 2 aliphatic rings. The molecule has 3 aromatic heterocycles. The van der Waals surface area contributed by atoms with Crippen molar-refractivity contribution < 1.29 is 14.3 Å². The van der Waals surface area contributed by atoms with Crippen molar-refractivity contribution in [2.24, 2.45) is 11.8 Å². The van der Waals surface area contributed by atoms with Crippen molar-refractivity contribution in [1.29, 1.82) is 0 Å². The number of hydrogen-bond donors (Lipinski definition) is 1. The van der Waals surface area contributed by atoms with E-state index in [4.69, 9.17) is 14.5 Å². The zero-order valence-electron chi connectivity index (χ0n) is 34.6. The summed E-state index contributed by atoms with van der Waals surface area (Å²) in [5, 5.41) is 3.68. The van der Waals surface area contributed by atoms with Crippen molar-refractivity contribution in [3.05, 3.63) is 97.8 Å². The first kappa shape index (κ1) is 40.7. The van der Waals surface area contributed by atoms with Gasteiger partial charge in [0.25, 0.3) is 5.56 Å². The number of fused-ring (bicyclic) bond motifs is 5. The van der Waals surface area contributed by atoms with Gasteiger partial charge in [-0.2, -0.15) is 4.98 Å². The fourth-order valence-corrected chi connectivity index (χ4v) is 10.5. The van der Waals surface area contributed by atoms with Crippen molar-refractivity contribution in [3.63, 3.8) is 0 Å². The number of rotatable bonds is 10. The fourth-order valence-electron chi connectivity index (χ4n) is 9.13. The van der Waals surface area contributed by atoms with Crippen molar-refractivity contribution in [1.82, 2.24) is 29.2 Å². The van der Waals surface area contributed by atoms with Gasteiger partial charge in [0.2, 0.25) is 5.78 Å². The highest BCUT2D eigenvalue weighted by Gasteiger charge is 2.33. The monoisotopic (exact) mass is 866 g/mol. The van der Waals surface area contributed by atoms with Crippen LogP contribution in [0.3, 0.4) is 0 Å². The summed E-state index contributed by atoms with van der Waals surface area (Å²) in [4.78, 5) is 39.2. The zero-order chi connectivity index (χ0) is 40.9. The van der Waals surface area contributed by atoms with E-state index in [-0.39, 0.29) is 17.7 Å². The molecule has 1 saturated carbocycles. The maximum atomic E-state index is 13.5. The van der Waals surface area contributed by atoms with Gasteiger partial charge >= 0.3 is 6.09 Å². The number of thiazole rings is 1. The Bertz CT molecular complexity index is 2490. The molecule has 1 amide bonds. The molecule has 306 valence electrons. The Labute approximate surface area is 353 Å². The number of halogens is 1. The molecule has 58 heavy (non-hydrogen) atoms. The summed E-state index contributed by atoms with van der Waals surface area (Å²) in [5.41, 5.74) is 8.63. The number of nitrogens with zero attached hydrogens (tertiary/aromatic N) is 5. The number of hydrogen-bond acceptors (Lipinski definition) is 8. The maximum absolute atomic E-state index is 13.5. The Kier molecular flexibility index (Phi) is 11.6. The van der Waals surface area contributed by atoms with Gasteiger partial charge in [0, 0.05) is 17.1 Å². The van der Waals surface area contributed by atoms with E-state index >= 15 is 0 Å². The number of likely N-dealkylation sites (tertiary alicyclic amines) is 1. The number of carbonyl (C=O) groups excluding carboxylic acids is 1. The minimum Gasteiger partial charge on any atom is -0.444 e. The predicted molar refractivity (Wildman–Crippen MR) is 237 cm³/mol. The summed E-state index contributed by atoms with van der Waals surface area (Å²) in [7, 11) is 0. The normalized spacial score (nSPS) is 19.7. The third-order valence-electron chi connectivity index (χ3n) is 12.3. The fraction of sp³-hybridized carbons (Fsp3) is 0.478. The van der Waals surface area contributed by atoms with E-state index in [0.29, 0.717) is 35.8 Å². The highest BCUT2D eigenvalue weighted by molar-refractivity contribution is 9.10. The average Bonchev–Trinajstić information content (AvgIpc) is 3.86. The highest BCUT2D eigenvalue weighted by Crippen LogP contribution is 2.43. The van der Waals surface area contributed by atoms with Gasteiger partial charge < -0.3 is 24.3 Å². The highest BCUT2D eigenvalue weighted by atomic mass is 79.9. The minimum absolute atomic E-state index is 0.0351. The van der Waals surface area contributed by atoms with Crippen LogP contribution in [0.5, 0.6) is 0 Å². The number of alkyl carbamates (subject to hydrolysis) is 1. The molecular formula is C46H55BrN6O4S. The zero-order valence-corrected chi connectivity index (χ0v) is 37.0. The van der Waals surface area contributed by atoms with Gasteiger partial charge in [0.05, 0.1) is 56.8 Å². The Morgan fingerprint density at radius 3 is 2.40 bits per heavy atom. The van der Waals surface area contributed by atoms with Crippen molar-refractivity contribution in [2.45, 2.75) is 104 Å². The molecule has 6 aromatic rings. The lowest BCUT2D eigenvalue weighted by atomic mass is 9.89. The third-order valence-corrected chi connectivity index (χ3v) is 14.0. The topological polar surface area (TPSA) is 103 Å². The van der Waals surface area contributed by atoms with E-state index in [2.05, 4.69) is 103 Å². The summed E-state index contributed by atoms with van der Waals surface area (Å²) in [6.45, 7) is 17.5. The van der Waals surface area contributed by atoms with Gasteiger partial charge in [0.1, 0.15) is 5.60 Å². The number of nitrogens with one attached hydrogen (secondary N) is 1. The van der Waals surface area contributed by atoms with E-state index in [1.54, 1.807) is 11.3 Å². The Balaban J connectivity index is 0.961. The van der Waals surface area contributed by atoms with Crippen LogP contribution in [0.2, 0.25) is 0 Å². The van der Waals surface area contributed by atoms with Gasteiger partial charge in [-0.1, -0.05) is 50.2 Å². The van der Waals surface area contributed by atoms with E-state index in [1.807, 2.05) is 51.4 Å². The molecule has 0 spiro atoms. The Morgan fingerprint density at radius 2 is 1.72 bits per heavy atom. The van der Waals surface area contributed by atoms with Crippen LogP contribution in [0, 0.1) is 18.8 Å². The first-order valence-electron chi connectivity index (χ1n) is 20.7. The number of piperidine rings is 1. The van der Waals surface area contributed by atoms with Gasteiger partial charge in [0.15, 0.2) is 0 Å². The second kappa shape index (κ2) is 16.5. The molecule has 3 aromatic carbocycles. The van der Waals surface area contributed by atoms with Crippen LogP contribution in [-0.4, -0.2) is 67.9 Å². The number of benzene rings is 3. The number of carbonyl (C=O) groups is 1. The van der Waals surface area contributed by atoms with Gasteiger partial charge in [-0.15, -0.1) is 11.3 Å². The average molecular weight is 868 g/mol. The molecule has 0 bridgehead atoms. The first-order valence-corrected chi connectivity index (χ1v) is 22.4. The van der Waals surface area contributed by atoms with Crippen LogP contribution in [0.25, 0.3) is 38.2 Å². The summed E-state index contributed by atoms with van der Waals surface area (Å²) < 4.78 is 17.5. The second-order valence-electron chi connectivity index (χ2n) is 17.7. The van der Waals surface area contributed by atoms with Crippen LogP contribution in [0.1, 0.15) is 102 Å². The van der Waals surface area contributed by atoms with Crippen LogP contribution >= 0.6 is 27.3 Å². The van der Waals surface area contributed by atoms with Crippen molar-refractivity contribution >= 4 is 61.1 Å². The third kappa shape index (κ3) is 8.35. The van der Waals surface area contributed by atoms with Gasteiger partial charge in [-0.25, -0.2) is 9.78 Å². The van der Waals surface area contributed by atoms with Crippen LogP contribution in [-0.2, 0) is 9.47 Å². The van der Waals surface area contributed by atoms with Crippen LogP contribution in [0.4, 0.5) is 4.79 Å². The summed E-state index contributed by atoms with van der Waals surface area (Å²) in [6, 6.07) is 21.1. The minimum atomic E-state index is -0.607. The summed E-state index contributed by atoms with van der Waals surface area (Å²) >= 11 is 5.25. The smallest absolute Gasteiger partial charge is 0.408 e. The molecule has 0 unspecified atom stereocenters. The maximum Gasteiger partial charge on any atom is 0.408 e. The van der Waals surface area contributed by atoms with E-state index in [0.717, 1.165) is 93.8 Å². The molecule has 2 fully saturated rings. The molecule has 8 rings (SSSR count). The SMILES string of the molecule is Cc1ncsc1-c1ccc([C@H](CO[C@H](C)CN2CCC(c3ccc4c(c3)n(C3C[C@H](C)[C@@H](C)C3)c3nc(=O)c5c(Br)cccc5n43)CC2)NC(=O)OC(C)(C)C)cc1. The molecular weight excluding hydrogens is 813 g/mol. The molecule has 1 saturated heterocycles. The molecule has 4 heterocycles. The summed E-state index contributed by atoms with van der Waals surface area (Å²) in [5.74, 6) is 2.40. The van der Waals surface area contributed by atoms with Crippen LogP contribution in [0.15, 0.2) is 75.4 Å². The lowest BCUT2D eigenvalue weighted by Gasteiger charge is -2.34. The number of ether oxygens (including phenoxy) is 2. The number of imidazole rings is 1. The van der Waals surface area contributed by atoms with Crippen molar-refractivity contribution in [3.8, 4) is 10.4 Å². The molecule has 10 nitrogen and oxygen atoms in total. The van der Waals surface area contributed by atoms with Gasteiger partial charge in [-0.3, -0.25) is 9.20 Å². The van der Waals surface area contributed by atoms with E-state index in [9.17, 15) is 9.59 Å². The lowest BCUT2D eigenvalue weighted by Crippen LogP contribution is -2.40. The molecule has 0 radical (unpaired) electrons. The summed E-state index contributed by atoms with van der Waals surface area (Å²) in [6.07, 6.45) is 3.76. The second-order valence-corrected chi connectivity index (χ2v) is 19.4. The Morgan fingerprint density at radius 1 is 1.00 bits per heavy atom. The quantitative estimate of drug-likeness (QED) is 0.146.